The highest BCUT2D eigenvalue weighted by atomic mass is 19.4. The molecule has 1 atom stereocenters. The van der Waals surface area contributed by atoms with Gasteiger partial charge in [0.05, 0.1) is 24.3 Å². The standard InChI is InChI=1S/C29H24F3N5O/c30-29(31,32)23-13-15-37-25(16-23)34-26(21-10-5-2-6-11-21)27(37)28(38)36-14-7-12-24(36)19-35-18-22(17-33-35)20-8-3-1-4-9-20/h1-6,8-11,13,15-18,24H,7,12,14,19H2/t24-/m0/s1. The van der Waals surface area contributed by atoms with Crippen molar-refractivity contribution in [3.8, 4) is 22.4 Å². The molecule has 3 aromatic heterocycles. The molecule has 2 aromatic carbocycles. The molecular formula is C29H24F3N5O. The molecule has 0 bridgehead atoms. The fourth-order valence-electron chi connectivity index (χ4n) is 5.11. The van der Waals surface area contributed by atoms with Gasteiger partial charge in [0.1, 0.15) is 17.0 Å². The van der Waals surface area contributed by atoms with Gasteiger partial charge < -0.3 is 4.90 Å². The molecule has 0 aliphatic carbocycles. The molecule has 1 aliphatic heterocycles. The summed E-state index contributed by atoms with van der Waals surface area (Å²) in [6, 6.07) is 20.9. The lowest BCUT2D eigenvalue weighted by Gasteiger charge is -2.25. The van der Waals surface area contributed by atoms with E-state index in [9.17, 15) is 18.0 Å². The molecule has 6 nitrogen and oxygen atoms in total. The number of hydrogen-bond acceptors (Lipinski definition) is 3. The van der Waals surface area contributed by atoms with Crippen LogP contribution in [0.15, 0.2) is 91.4 Å². The van der Waals surface area contributed by atoms with Crippen LogP contribution in [0.4, 0.5) is 13.2 Å². The lowest BCUT2D eigenvalue weighted by molar-refractivity contribution is -0.137. The Labute approximate surface area is 217 Å². The molecule has 1 aliphatic rings. The molecule has 9 heteroatoms. The fourth-order valence-corrected chi connectivity index (χ4v) is 5.11. The second-order valence-electron chi connectivity index (χ2n) is 9.43. The molecule has 1 amide bonds. The first-order valence-electron chi connectivity index (χ1n) is 12.4. The van der Waals surface area contributed by atoms with Crippen molar-refractivity contribution < 1.29 is 18.0 Å². The molecule has 0 unspecified atom stereocenters. The zero-order chi connectivity index (χ0) is 26.3. The molecule has 1 saturated heterocycles. The van der Waals surface area contributed by atoms with Gasteiger partial charge in [0.2, 0.25) is 0 Å². The smallest absolute Gasteiger partial charge is 0.332 e. The molecule has 4 heterocycles. The lowest BCUT2D eigenvalue weighted by atomic mass is 10.1. The first-order chi connectivity index (χ1) is 18.4. The number of amides is 1. The minimum atomic E-state index is -4.51. The van der Waals surface area contributed by atoms with Crippen molar-refractivity contribution in [2.75, 3.05) is 6.54 Å². The normalized spacial score (nSPS) is 15.9. The summed E-state index contributed by atoms with van der Waals surface area (Å²) in [4.78, 5) is 20.3. The quantitative estimate of drug-likeness (QED) is 0.281. The summed E-state index contributed by atoms with van der Waals surface area (Å²) in [7, 11) is 0. The Morgan fingerprint density at radius 2 is 1.66 bits per heavy atom. The number of nitrogens with zero attached hydrogens (tertiary/aromatic N) is 5. The fraction of sp³-hybridized carbons (Fsp3) is 0.207. The van der Waals surface area contributed by atoms with Crippen LogP contribution in [0.5, 0.6) is 0 Å². The molecule has 0 N–H and O–H groups in total. The van der Waals surface area contributed by atoms with Gasteiger partial charge in [-0.2, -0.15) is 18.3 Å². The van der Waals surface area contributed by atoms with Crippen molar-refractivity contribution in [1.82, 2.24) is 24.1 Å². The van der Waals surface area contributed by atoms with Gasteiger partial charge >= 0.3 is 6.18 Å². The third-order valence-electron chi connectivity index (χ3n) is 6.98. The van der Waals surface area contributed by atoms with E-state index in [-0.39, 0.29) is 23.3 Å². The van der Waals surface area contributed by atoms with E-state index in [2.05, 4.69) is 10.1 Å². The molecule has 192 valence electrons. The van der Waals surface area contributed by atoms with E-state index in [0.29, 0.717) is 24.3 Å². The molecule has 0 radical (unpaired) electrons. The molecule has 5 aromatic rings. The molecular weight excluding hydrogens is 491 g/mol. The van der Waals surface area contributed by atoms with Gasteiger partial charge in [0, 0.05) is 30.1 Å². The van der Waals surface area contributed by atoms with E-state index in [1.54, 1.807) is 17.0 Å². The van der Waals surface area contributed by atoms with E-state index in [4.69, 9.17) is 0 Å². The number of halogens is 3. The number of hydrogen-bond donors (Lipinski definition) is 0. The maximum atomic E-state index is 14.0. The number of benzene rings is 2. The minimum Gasteiger partial charge on any atom is -0.332 e. The number of pyridine rings is 1. The zero-order valence-corrected chi connectivity index (χ0v) is 20.3. The number of imidazole rings is 1. The number of likely N-dealkylation sites (tertiary alicyclic amines) is 1. The summed E-state index contributed by atoms with van der Waals surface area (Å²) >= 11 is 0. The monoisotopic (exact) mass is 515 g/mol. The summed E-state index contributed by atoms with van der Waals surface area (Å²) in [6.07, 6.45) is 2.20. The Bertz CT molecular complexity index is 1590. The van der Waals surface area contributed by atoms with Gasteiger partial charge in [0.15, 0.2) is 0 Å². The van der Waals surface area contributed by atoms with Crippen molar-refractivity contribution in [2.24, 2.45) is 0 Å². The lowest BCUT2D eigenvalue weighted by Crippen LogP contribution is -2.39. The highest BCUT2D eigenvalue weighted by Crippen LogP contribution is 2.33. The van der Waals surface area contributed by atoms with Gasteiger partial charge in [0.25, 0.3) is 5.91 Å². The van der Waals surface area contributed by atoms with Crippen molar-refractivity contribution in [1.29, 1.82) is 0 Å². The minimum absolute atomic E-state index is 0.0809. The maximum Gasteiger partial charge on any atom is 0.416 e. The largest absolute Gasteiger partial charge is 0.416 e. The molecule has 1 fully saturated rings. The second-order valence-corrected chi connectivity index (χ2v) is 9.43. The van der Waals surface area contributed by atoms with E-state index in [1.165, 1.54) is 10.6 Å². The Morgan fingerprint density at radius 1 is 0.947 bits per heavy atom. The van der Waals surface area contributed by atoms with Crippen molar-refractivity contribution >= 4 is 11.6 Å². The summed E-state index contributed by atoms with van der Waals surface area (Å²) in [5, 5.41) is 4.51. The highest BCUT2D eigenvalue weighted by molar-refractivity contribution is 6.00. The predicted molar refractivity (Wildman–Crippen MR) is 137 cm³/mol. The van der Waals surface area contributed by atoms with E-state index in [1.807, 2.05) is 65.6 Å². The van der Waals surface area contributed by atoms with Crippen LogP contribution in [0.1, 0.15) is 28.9 Å². The van der Waals surface area contributed by atoms with Gasteiger partial charge in [-0.3, -0.25) is 13.9 Å². The molecule has 0 spiro atoms. The first kappa shape index (κ1) is 24.0. The van der Waals surface area contributed by atoms with Crippen molar-refractivity contribution in [2.45, 2.75) is 31.6 Å². The molecule has 0 saturated carbocycles. The Hall–Kier alpha value is -4.40. The summed E-state index contributed by atoms with van der Waals surface area (Å²) in [6.45, 7) is 1.08. The van der Waals surface area contributed by atoms with E-state index < -0.39 is 11.7 Å². The average Bonchev–Trinajstić information content (AvgIpc) is 3.67. The molecule has 6 rings (SSSR count). The third kappa shape index (κ3) is 4.44. The predicted octanol–water partition coefficient (Wildman–Crippen LogP) is 6.19. The summed E-state index contributed by atoms with van der Waals surface area (Å²) in [5.74, 6) is -0.256. The third-order valence-corrected chi connectivity index (χ3v) is 6.98. The number of rotatable bonds is 5. The zero-order valence-electron chi connectivity index (χ0n) is 20.3. The maximum absolute atomic E-state index is 14.0. The average molecular weight is 516 g/mol. The number of alkyl halides is 3. The topological polar surface area (TPSA) is 55.4 Å². The van der Waals surface area contributed by atoms with Crippen LogP contribution in [-0.4, -0.2) is 42.6 Å². The van der Waals surface area contributed by atoms with E-state index in [0.717, 1.165) is 36.1 Å². The van der Waals surface area contributed by atoms with Gasteiger partial charge in [-0.15, -0.1) is 0 Å². The highest BCUT2D eigenvalue weighted by Gasteiger charge is 2.35. The summed E-state index contributed by atoms with van der Waals surface area (Å²) in [5.41, 5.74) is 2.63. The Balaban J connectivity index is 1.35. The SMILES string of the molecule is O=C(c1c(-c2ccccc2)nc2cc(C(F)(F)F)ccn12)N1CCC[C@H]1Cn1cc(-c2ccccc2)cn1. The van der Waals surface area contributed by atoms with Crippen LogP contribution in [0.2, 0.25) is 0 Å². The summed E-state index contributed by atoms with van der Waals surface area (Å²) < 4.78 is 43.5. The van der Waals surface area contributed by atoms with Gasteiger partial charge in [-0.1, -0.05) is 60.7 Å². The van der Waals surface area contributed by atoms with Crippen LogP contribution in [0.25, 0.3) is 28.0 Å². The number of carbonyl (C=O) groups is 1. The Morgan fingerprint density at radius 3 is 2.37 bits per heavy atom. The first-order valence-corrected chi connectivity index (χ1v) is 12.4. The Kier molecular flexibility index (Phi) is 5.98. The van der Waals surface area contributed by atoms with Crippen LogP contribution in [0, 0.1) is 0 Å². The van der Waals surface area contributed by atoms with Crippen LogP contribution in [-0.2, 0) is 12.7 Å². The van der Waals surface area contributed by atoms with Crippen LogP contribution in [0.3, 0.4) is 0 Å². The second kappa shape index (κ2) is 9.48. The van der Waals surface area contributed by atoms with Crippen LogP contribution < -0.4 is 0 Å². The van der Waals surface area contributed by atoms with Crippen LogP contribution >= 0.6 is 0 Å². The van der Waals surface area contributed by atoms with E-state index >= 15 is 0 Å². The number of aromatic nitrogens is 4. The number of fused-ring (bicyclic) bond motifs is 1. The van der Waals surface area contributed by atoms with Crippen molar-refractivity contribution in [3.63, 3.8) is 0 Å². The molecule has 38 heavy (non-hydrogen) atoms. The van der Waals surface area contributed by atoms with Crippen molar-refractivity contribution in [3.05, 3.63) is 103 Å². The number of carbonyl (C=O) groups excluding carboxylic acids is 1. The van der Waals surface area contributed by atoms with Gasteiger partial charge in [-0.25, -0.2) is 4.98 Å². The van der Waals surface area contributed by atoms with Gasteiger partial charge in [-0.05, 0) is 30.5 Å².